The molecule has 0 amide bonds. The molecule has 0 radical (unpaired) electrons. The molecule has 0 aliphatic carbocycles. The van der Waals surface area contributed by atoms with E-state index in [2.05, 4.69) is 31.2 Å². The van der Waals surface area contributed by atoms with Gasteiger partial charge in [0.05, 0.1) is 11.6 Å². The Labute approximate surface area is 148 Å². The van der Waals surface area contributed by atoms with Crippen LogP contribution >= 0.6 is 27.3 Å². The van der Waals surface area contributed by atoms with Gasteiger partial charge in [-0.3, -0.25) is 0 Å². The predicted molar refractivity (Wildman–Crippen MR) is 93.7 cm³/mol. The van der Waals surface area contributed by atoms with Crippen molar-refractivity contribution in [3.8, 4) is 27.7 Å². The van der Waals surface area contributed by atoms with Crippen LogP contribution in [0, 0.1) is 5.82 Å². The SMILES string of the molecule is COc1cccc(-c2nnc3sc(-c4ccc(F)c(Br)c4)nn23)c1. The number of ether oxygens (including phenoxy) is 1. The van der Waals surface area contributed by atoms with E-state index < -0.39 is 0 Å². The van der Waals surface area contributed by atoms with Crippen LogP contribution < -0.4 is 4.74 Å². The summed E-state index contributed by atoms with van der Waals surface area (Å²) in [5, 5.41) is 13.7. The van der Waals surface area contributed by atoms with Crippen molar-refractivity contribution in [2.45, 2.75) is 0 Å². The van der Waals surface area contributed by atoms with Crippen molar-refractivity contribution in [1.82, 2.24) is 19.8 Å². The Kier molecular flexibility index (Phi) is 3.78. The number of aromatic nitrogens is 4. The molecule has 2 aromatic heterocycles. The van der Waals surface area contributed by atoms with Crippen LogP contribution in [0.1, 0.15) is 0 Å². The molecule has 5 nitrogen and oxygen atoms in total. The number of benzene rings is 2. The molecule has 8 heteroatoms. The predicted octanol–water partition coefficient (Wildman–Crippen LogP) is 4.43. The molecule has 0 atom stereocenters. The fourth-order valence-corrected chi connectivity index (χ4v) is 3.52. The lowest BCUT2D eigenvalue weighted by Gasteiger charge is -2.01. The number of hydrogen-bond donors (Lipinski definition) is 0. The lowest BCUT2D eigenvalue weighted by Crippen LogP contribution is -1.92. The molecule has 2 aromatic carbocycles. The minimum Gasteiger partial charge on any atom is -0.497 e. The van der Waals surface area contributed by atoms with Crippen LogP contribution in [-0.2, 0) is 0 Å². The van der Waals surface area contributed by atoms with Crippen molar-refractivity contribution >= 4 is 32.2 Å². The summed E-state index contributed by atoms with van der Waals surface area (Å²) in [6, 6.07) is 12.4. The highest BCUT2D eigenvalue weighted by atomic mass is 79.9. The first kappa shape index (κ1) is 15.2. The van der Waals surface area contributed by atoms with Gasteiger partial charge in [-0.2, -0.15) is 9.61 Å². The molecule has 0 unspecified atom stereocenters. The van der Waals surface area contributed by atoms with Crippen LogP contribution in [0.2, 0.25) is 0 Å². The summed E-state index contributed by atoms with van der Waals surface area (Å²) < 4.78 is 20.7. The highest BCUT2D eigenvalue weighted by Gasteiger charge is 2.15. The van der Waals surface area contributed by atoms with E-state index in [0.29, 0.717) is 15.3 Å². The zero-order valence-electron chi connectivity index (χ0n) is 12.4. The van der Waals surface area contributed by atoms with E-state index >= 15 is 0 Å². The van der Waals surface area contributed by atoms with Crippen LogP contribution in [0.4, 0.5) is 4.39 Å². The fraction of sp³-hybridized carbons (Fsp3) is 0.0625. The molecule has 0 fully saturated rings. The molecule has 0 N–H and O–H groups in total. The number of halogens is 2. The fourth-order valence-electron chi connectivity index (χ4n) is 2.30. The van der Waals surface area contributed by atoms with Gasteiger partial charge in [0, 0.05) is 11.1 Å². The highest BCUT2D eigenvalue weighted by Crippen LogP contribution is 2.31. The highest BCUT2D eigenvalue weighted by molar-refractivity contribution is 9.10. The summed E-state index contributed by atoms with van der Waals surface area (Å²) in [5.41, 5.74) is 1.68. The van der Waals surface area contributed by atoms with Gasteiger partial charge in [-0.15, -0.1) is 10.2 Å². The van der Waals surface area contributed by atoms with Crippen LogP contribution in [0.25, 0.3) is 26.9 Å². The van der Waals surface area contributed by atoms with Gasteiger partial charge in [0.2, 0.25) is 4.96 Å². The summed E-state index contributed by atoms with van der Waals surface area (Å²) in [7, 11) is 1.62. The van der Waals surface area contributed by atoms with Crippen molar-refractivity contribution in [1.29, 1.82) is 0 Å². The van der Waals surface area contributed by atoms with Gasteiger partial charge in [0.1, 0.15) is 16.6 Å². The molecule has 4 aromatic rings. The van der Waals surface area contributed by atoms with E-state index in [1.54, 1.807) is 23.8 Å². The molecule has 0 spiro atoms. The number of nitrogens with zero attached hydrogens (tertiary/aromatic N) is 4. The molecular weight excluding hydrogens is 395 g/mol. The Bertz CT molecular complexity index is 1050. The molecule has 24 heavy (non-hydrogen) atoms. The van der Waals surface area contributed by atoms with Crippen molar-refractivity contribution < 1.29 is 9.13 Å². The number of fused-ring (bicyclic) bond motifs is 1. The maximum atomic E-state index is 13.4. The van der Waals surface area contributed by atoms with Gasteiger partial charge < -0.3 is 4.74 Å². The maximum absolute atomic E-state index is 13.4. The molecule has 4 rings (SSSR count). The van der Waals surface area contributed by atoms with E-state index in [1.165, 1.54) is 17.4 Å². The molecule has 0 saturated carbocycles. The summed E-state index contributed by atoms with van der Waals surface area (Å²) in [6.45, 7) is 0. The summed E-state index contributed by atoms with van der Waals surface area (Å²) >= 11 is 4.59. The number of methoxy groups -OCH3 is 1. The minimum absolute atomic E-state index is 0.307. The molecule has 120 valence electrons. The normalized spacial score (nSPS) is 11.1. The molecule has 2 heterocycles. The Morgan fingerprint density at radius 2 is 2.00 bits per heavy atom. The number of rotatable bonds is 3. The Morgan fingerprint density at radius 1 is 1.12 bits per heavy atom. The third-order valence-corrected chi connectivity index (χ3v) is 5.04. The Hall–Kier alpha value is -2.32. The summed E-state index contributed by atoms with van der Waals surface area (Å²) in [4.78, 5) is 0.670. The average molecular weight is 405 g/mol. The topological polar surface area (TPSA) is 52.3 Å². The number of hydrogen-bond acceptors (Lipinski definition) is 5. The first-order valence-corrected chi connectivity index (χ1v) is 8.59. The molecule has 0 aliphatic rings. The zero-order valence-corrected chi connectivity index (χ0v) is 14.8. The van der Waals surface area contributed by atoms with Gasteiger partial charge in [-0.05, 0) is 46.3 Å². The summed E-state index contributed by atoms with van der Waals surface area (Å²) in [5.74, 6) is 1.06. The third kappa shape index (κ3) is 2.57. The zero-order chi connectivity index (χ0) is 16.7. The standard InChI is InChI=1S/C16H10BrFN4OS/c1-23-11-4-2-3-9(7-11)14-19-20-16-22(14)21-15(24-16)10-5-6-13(18)12(17)8-10/h2-8H,1H3. The second kappa shape index (κ2) is 5.95. The smallest absolute Gasteiger partial charge is 0.235 e. The van der Waals surface area contributed by atoms with Gasteiger partial charge >= 0.3 is 0 Å². The van der Waals surface area contributed by atoms with Gasteiger partial charge in [0.15, 0.2) is 5.82 Å². The van der Waals surface area contributed by atoms with E-state index in [0.717, 1.165) is 21.9 Å². The van der Waals surface area contributed by atoms with Crippen molar-refractivity contribution in [2.75, 3.05) is 7.11 Å². The lowest BCUT2D eigenvalue weighted by atomic mass is 10.2. The van der Waals surface area contributed by atoms with Crippen LogP contribution in [-0.4, -0.2) is 26.9 Å². The van der Waals surface area contributed by atoms with Crippen LogP contribution in [0.15, 0.2) is 46.9 Å². The molecule has 0 bridgehead atoms. The molecule has 0 aliphatic heterocycles. The molecular formula is C16H10BrFN4OS. The van der Waals surface area contributed by atoms with Gasteiger partial charge in [0.25, 0.3) is 0 Å². The van der Waals surface area contributed by atoms with Crippen molar-refractivity contribution in [3.63, 3.8) is 0 Å². The van der Waals surface area contributed by atoms with E-state index in [9.17, 15) is 4.39 Å². The first-order valence-electron chi connectivity index (χ1n) is 6.98. The van der Waals surface area contributed by atoms with Gasteiger partial charge in [-0.1, -0.05) is 23.5 Å². The van der Waals surface area contributed by atoms with Crippen LogP contribution in [0.5, 0.6) is 5.75 Å². The third-order valence-electron chi connectivity index (χ3n) is 3.49. The van der Waals surface area contributed by atoms with Crippen molar-refractivity contribution in [2.24, 2.45) is 0 Å². The Morgan fingerprint density at radius 3 is 2.79 bits per heavy atom. The van der Waals surface area contributed by atoms with Crippen molar-refractivity contribution in [3.05, 3.63) is 52.8 Å². The Balaban J connectivity index is 1.82. The largest absolute Gasteiger partial charge is 0.497 e. The second-order valence-electron chi connectivity index (χ2n) is 4.99. The second-order valence-corrected chi connectivity index (χ2v) is 6.80. The minimum atomic E-state index is -0.307. The lowest BCUT2D eigenvalue weighted by molar-refractivity contribution is 0.415. The quantitative estimate of drug-likeness (QED) is 0.506. The molecule has 0 saturated heterocycles. The van der Waals surface area contributed by atoms with E-state index in [4.69, 9.17) is 4.74 Å². The first-order chi connectivity index (χ1) is 11.7. The average Bonchev–Trinajstić information content (AvgIpc) is 3.18. The summed E-state index contributed by atoms with van der Waals surface area (Å²) in [6.07, 6.45) is 0. The monoisotopic (exact) mass is 404 g/mol. The van der Waals surface area contributed by atoms with Gasteiger partial charge in [-0.25, -0.2) is 4.39 Å². The maximum Gasteiger partial charge on any atom is 0.235 e. The van der Waals surface area contributed by atoms with E-state index in [-0.39, 0.29) is 5.82 Å². The van der Waals surface area contributed by atoms with Crippen LogP contribution in [0.3, 0.4) is 0 Å². The van der Waals surface area contributed by atoms with E-state index in [1.807, 2.05) is 24.3 Å².